The fourth-order valence-corrected chi connectivity index (χ4v) is 5.24. The normalized spacial score (nSPS) is 28.7. The molecule has 0 saturated carbocycles. The summed E-state index contributed by atoms with van der Waals surface area (Å²) in [4.78, 5) is 12.7. The number of fused-ring (bicyclic) bond motifs is 2. The monoisotopic (exact) mass is 285 g/mol. The Morgan fingerprint density at radius 1 is 1.30 bits per heavy atom. The summed E-state index contributed by atoms with van der Waals surface area (Å²) in [5.74, 6) is 0.416. The highest BCUT2D eigenvalue weighted by molar-refractivity contribution is 8.00. The van der Waals surface area contributed by atoms with Crippen LogP contribution in [0.4, 0.5) is 0 Å². The average Bonchev–Trinajstić information content (AvgIpc) is 2.46. The number of hydrogen-bond donors (Lipinski definition) is 0. The van der Waals surface area contributed by atoms with Crippen molar-refractivity contribution < 1.29 is 4.79 Å². The van der Waals surface area contributed by atoms with Crippen molar-refractivity contribution in [2.24, 2.45) is 5.92 Å². The molecule has 2 saturated heterocycles. The zero-order valence-corrected chi connectivity index (χ0v) is 12.6. The maximum atomic E-state index is 12.7. The van der Waals surface area contributed by atoms with Crippen molar-refractivity contribution in [1.82, 2.24) is 0 Å². The predicted octanol–water partition coefficient (Wildman–Crippen LogP) is 4.11. The first kappa shape index (κ1) is 13.7. The molecule has 2 nitrogen and oxygen atoms in total. The first-order valence-corrected chi connectivity index (χ1v) is 8.32. The summed E-state index contributed by atoms with van der Waals surface area (Å²) in [5, 5.41) is 10.5. The van der Waals surface area contributed by atoms with Gasteiger partial charge < -0.3 is 0 Å². The molecule has 2 aliphatic heterocycles. The Morgan fingerprint density at radius 2 is 2.00 bits per heavy atom. The van der Waals surface area contributed by atoms with Crippen LogP contribution in [0.3, 0.4) is 0 Å². The summed E-state index contributed by atoms with van der Waals surface area (Å²) < 4.78 is 0. The van der Waals surface area contributed by atoms with Gasteiger partial charge in [-0.1, -0.05) is 18.6 Å². The summed E-state index contributed by atoms with van der Waals surface area (Å²) in [7, 11) is 0. The smallest absolute Gasteiger partial charge is 0.166 e. The van der Waals surface area contributed by atoms with Crippen LogP contribution in [0.2, 0.25) is 0 Å². The number of thioether (sulfide) groups is 1. The highest BCUT2D eigenvalue weighted by Gasteiger charge is 2.35. The van der Waals surface area contributed by atoms with Gasteiger partial charge in [-0.25, -0.2) is 0 Å². The van der Waals surface area contributed by atoms with Gasteiger partial charge in [-0.15, -0.1) is 0 Å². The molecular weight excluding hydrogens is 266 g/mol. The number of nitrogens with zero attached hydrogens (tertiary/aromatic N) is 1. The van der Waals surface area contributed by atoms with Crippen molar-refractivity contribution in [2.75, 3.05) is 0 Å². The predicted molar refractivity (Wildman–Crippen MR) is 82.0 cm³/mol. The number of aryl methyl sites for hydroxylation is 1. The fourth-order valence-electron chi connectivity index (χ4n) is 3.40. The third-order valence-electron chi connectivity index (χ3n) is 4.55. The van der Waals surface area contributed by atoms with E-state index in [9.17, 15) is 4.79 Å². The summed E-state index contributed by atoms with van der Waals surface area (Å²) in [6.07, 6.45) is 5.91. The molecule has 0 radical (unpaired) electrons. The maximum absolute atomic E-state index is 12.7. The number of ketones is 1. The Kier molecular flexibility index (Phi) is 3.85. The van der Waals surface area contributed by atoms with E-state index in [1.54, 1.807) is 6.07 Å². The molecule has 0 N–H and O–H groups in total. The van der Waals surface area contributed by atoms with Crippen molar-refractivity contribution >= 4 is 17.5 Å². The van der Waals surface area contributed by atoms with E-state index >= 15 is 0 Å². The van der Waals surface area contributed by atoms with Gasteiger partial charge in [-0.3, -0.25) is 4.79 Å². The molecule has 2 atom stereocenters. The van der Waals surface area contributed by atoms with Gasteiger partial charge in [0.1, 0.15) is 0 Å². The Hall–Kier alpha value is -1.27. The van der Waals surface area contributed by atoms with Crippen LogP contribution < -0.4 is 0 Å². The number of rotatable bonds is 2. The Morgan fingerprint density at radius 3 is 2.65 bits per heavy atom. The third-order valence-corrected chi connectivity index (χ3v) is 6.17. The number of Topliss-reactive ketones (excluding diaryl/α,β-unsaturated/α-hetero) is 1. The molecule has 104 valence electrons. The van der Waals surface area contributed by atoms with Gasteiger partial charge >= 0.3 is 0 Å². The second kappa shape index (κ2) is 5.61. The Bertz CT molecular complexity index is 563. The molecule has 1 aromatic rings. The van der Waals surface area contributed by atoms with Crippen LogP contribution >= 0.6 is 11.8 Å². The molecule has 2 heterocycles. The molecule has 2 fully saturated rings. The minimum atomic E-state index is 0.167. The van der Waals surface area contributed by atoms with Crippen LogP contribution in [0.15, 0.2) is 18.2 Å². The molecule has 1 aromatic carbocycles. The molecule has 2 unspecified atom stereocenters. The van der Waals surface area contributed by atoms with E-state index in [2.05, 4.69) is 17.8 Å². The van der Waals surface area contributed by atoms with Gasteiger partial charge in [0.05, 0.1) is 11.6 Å². The molecule has 20 heavy (non-hydrogen) atoms. The van der Waals surface area contributed by atoms with Crippen LogP contribution in [0.25, 0.3) is 0 Å². The Balaban J connectivity index is 1.80. The average molecular weight is 285 g/mol. The van der Waals surface area contributed by atoms with E-state index < -0.39 is 0 Å². The molecule has 3 heteroatoms. The van der Waals surface area contributed by atoms with Crippen molar-refractivity contribution in [3.63, 3.8) is 0 Å². The van der Waals surface area contributed by atoms with Gasteiger partial charge in [0.15, 0.2) is 5.78 Å². The second-order valence-corrected chi connectivity index (χ2v) is 7.59. The number of carbonyl (C=O) groups is 1. The highest BCUT2D eigenvalue weighted by Crippen LogP contribution is 2.44. The molecule has 2 bridgehead atoms. The van der Waals surface area contributed by atoms with E-state index in [1.807, 2.05) is 19.1 Å². The van der Waals surface area contributed by atoms with Crippen LogP contribution in [-0.2, 0) is 0 Å². The second-order valence-electron chi connectivity index (χ2n) is 5.99. The van der Waals surface area contributed by atoms with Crippen LogP contribution in [0, 0.1) is 24.2 Å². The highest BCUT2D eigenvalue weighted by atomic mass is 32.2. The van der Waals surface area contributed by atoms with Gasteiger partial charge in [-0.2, -0.15) is 17.0 Å². The largest absolute Gasteiger partial charge is 0.294 e. The van der Waals surface area contributed by atoms with Crippen molar-refractivity contribution in [1.29, 1.82) is 5.26 Å². The summed E-state index contributed by atoms with van der Waals surface area (Å²) in [5.41, 5.74) is 2.29. The van der Waals surface area contributed by atoms with Gasteiger partial charge in [0.25, 0.3) is 0 Å². The number of carbonyl (C=O) groups excluding carboxylic acids is 1. The van der Waals surface area contributed by atoms with Crippen molar-refractivity contribution in [3.05, 3.63) is 34.9 Å². The number of nitriles is 1. The topological polar surface area (TPSA) is 40.9 Å². The van der Waals surface area contributed by atoms with Gasteiger partial charge in [0, 0.05) is 22.0 Å². The summed E-state index contributed by atoms with van der Waals surface area (Å²) in [6, 6.07) is 7.73. The lowest BCUT2D eigenvalue weighted by molar-refractivity contribution is 0.0896. The minimum Gasteiger partial charge on any atom is -0.294 e. The van der Waals surface area contributed by atoms with E-state index in [0.717, 1.165) is 24.0 Å². The molecule has 0 aromatic heterocycles. The SMILES string of the molecule is Cc1ccc(C(=O)C2CC3CCCC(C2)S3)cc1C#N. The fraction of sp³-hybridized carbons (Fsp3) is 0.529. The molecule has 2 aliphatic rings. The number of benzene rings is 1. The summed E-state index contributed by atoms with van der Waals surface area (Å²) in [6.45, 7) is 1.91. The van der Waals surface area contributed by atoms with E-state index in [0.29, 0.717) is 16.1 Å². The maximum Gasteiger partial charge on any atom is 0.166 e. The van der Waals surface area contributed by atoms with E-state index in [1.165, 1.54) is 19.3 Å². The molecule has 0 amide bonds. The molecule has 0 aliphatic carbocycles. The lowest BCUT2D eigenvalue weighted by Gasteiger charge is -2.38. The zero-order valence-electron chi connectivity index (χ0n) is 11.8. The van der Waals surface area contributed by atoms with E-state index in [-0.39, 0.29) is 11.7 Å². The van der Waals surface area contributed by atoms with Crippen LogP contribution in [0.1, 0.15) is 53.6 Å². The first-order chi connectivity index (χ1) is 9.67. The molecule has 3 rings (SSSR count). The zero-order chi connectivity index (χ0) is 14.1. The third kappa shape index (κ3) is 2.62. The van der Waals surface area contributed by atoms with Gasteiger partial charge in [0.2, 0.25) is 0 Å². The molecule has 0 spiro atoms. The first-order valence-electron chi connectivity index (χ1n) is 7.38. The van der Waals surface area contributed by atoms with Crippen LogP contribution in [-0.4, -0.2) is 16.3 Å². The minimum absolute atomic E-state index is 0.167. The quantitative estimate of drug-likeness (QED) is 0.768. The Labute approximate surface area is 124 Å². The van der Waals surface area contributed by atoms with Crippen molar-refractivity contribution in [3.8, 4) is 6.07 Å². The lowest BCUT2D eigenvalue weighted by Crippen LogP contribution is -2.32. The van der Waals surface area contributed by atoms with Gasteiger partial charge in [-0.05, 0) is 44.2 Å². The summed E-state index contributed by atoms with van der Waals surface area (Å²) >= 11 is 2.10. The lowest BCUT2D eigenvalue weighted by atomic mass is 9.84. The van der Waals surface area contributed by atoms with Crippen LogP contribution in [0.5, 0.6) is 0 Å². The van der Waals surface area contributed by atoms with E-state index in [4.69, 9.17) is 5.26 Å². The van der Waals surface area contributed by atoms with Crippen molar-refractivity contribution in [2.45, 2.75) is 49.5 Å². The standard InChI is InChI=1S/C17H19NOS/c1-11-5-6-12(7-14(11)10-18)17(19)13-8-15-3-2-4-16(9-13)20-15/h5-7,13,15-16H,2-4,8-9H2,1H3. The number of hydrogen-bond acceptors (Lipinski definition) is 3. The molecular formula is C17H19NOS.